The number of rotatable bonds is 52. The summed E-state index contributed by atoms with van der Waals surface area (Å²) >= 11 is 0. The molecule has 0 aromatic heterocycles. The minimum atomic E-state index is -0.778. The monoisotopic (exact) mass is 937 g/mol. The SMILES string of the molecule is CC/C=C\C/C=C\C/C=C\C/C=C\C/C=C\CCCCCCCC(=O)OCC(COC(=O)CCCCCCCCCCCCCCC)OC(=O)CCCCCCCCCCCCCCCCC. The topological polar surface area (TPSA) is 78.9 Å². The van der Waals surface area contributed by atoms with Crippen LogP contribution >= 0.6 is 0 Å². The van der Waals surface area contributed by atoms with E-state index in [1.807, 2.05) is 0 Å². The lowest BCUT2D eigenvalue weighted by Crippen LogP contribution is -2.30. The number of allylic oxidation sites excluding steroid dienone is 10. The van der Waals surface area contributed by atoms with Crippen molar-refractivity contribution in [2.45, 2.75) is 297 Å². The molecule has 0 aromatic carbocycles. The van der Waals surface area contributed by atoms with E-state index in [2.05, 4.69) is 81.5 Å². The Kier molecular flexibility index (Phi) is 53.3. The smallest absolute Gasteiger partial charge is 0.306 e. The van der Waals surface area contributed by atoms with Gasteiger partial charge < -0.3 is 14.2 Å². The lowest BCUT2D eigenvalue weighted by atomic mass is 10.0. The summed E-state index contributed by atoms with van der Waals surface area (Å²) in [5.74, 6) is -0.882. The van der Waals surface area contributed by atoms with Gasteiger partial charge in [0.2, 0.25) is 0 Å². The highest BCUT2D eigenvalue weighted by Crippen LogP contribution is 2.16. The molecule has 0 radical (unpaired) electrons. The molecule has 0 aliphatic heterocycles. The zero-order chi connectivity index (χ0) is 48.6. The standard InChI is InChI=1S/C61H108O6/c1-4-7-10-13-16-19-22-25-27-28-29-30-31-32-34-36-39-42-45-48-51-54-60(63)66-57-58(56-65-59(62)53-50-47-44-41-38-35-24-21-18-15-12-9-6-3)67-61(64)55-52-49-46-43-40-37-33-26-23-20-17-14-11-8-5-2/h7,10,16,19,25,27,29-30,32,34,58H,4-6,8-9,11-15,17-18,20-24,26,28,31,33,35-57H2,1-3H3/b10-7-,19-16-,27-25-,30-29-,34-32-. The molecule has 0 saturated heterocycles. The van der Waals surface area contributed by atoms with Gasteiger partial charge in [0.05, 0.1) is 0 Å². The fraction of sp³-hybridized carbons (Fsp3) is 0.787. The molecule has 0 saturated carbocycles. The molecule has 0 spiro atoms. The molecule has 1 unspecified atom stereocenters. The first-order valence-electron chi connectivity index (χ1n) is 28.8. The number of esters is 3. The molecule has 0 N–H and O–H groups in total. The number of carbonyl (C=O) groups excluding carboxylic acids is 3. The number of hydrogen-bond donors (Lipinski definition) is 0. The predicted molar refractivity (Wildman–Crippen MR) is 288 cm³/mol. The molecule has 0 aromatic rings. The summed E-state index contributed by atoms with van der Waals surface area (Å²) in [6.45, 7) is 6.54. The Morgan fingerprint density at radius 2 is 0.582 bits per heavy atom. The third-order valence-electron chi connectivity index (χ3n) is 12.5. The van der Waals surface area contributed by atoms with E-state index in [0.29, 0.717) is 19.3 Å². The highest BCUT2D eigenvalue weighted by molar-refractivity contribution is 5.71. The highest BCUT2D eigenvalue weighted by Gasteiger charge is 2.19. The van der Waals surface area contributed by atoms with Gasteiger partial charge in [0.1, 0.15) is 13.2 Å². The van der Waals surface area contributed by atoms with Crippen molar-refractivity contribution in [3.63, 3.8) is 0 Å². The van der Waals surface area contributed by atoms with E-state index in [0.717, 1.165) is 109 Å². The number of hydrogen-bond acceptors (Lipinski definition) is 6. The van der Waals surface area contributed by atoms with Crippen molar-refractivity contribution in [2.24, 2.45) is 0 Å². The highest BCUT2D eigenvalue weighted by atomic mass is 16.6. The number of ether oxygens (including phenoxy) is 3. The molecule has 0 bridgehead atoms. The first-order chi connectivity index (χ1) is 33.0. The van der Waals surface area contributed by atoms with E-state index in [1.165, 1.54) is 141 Å². The predicted octanol–water partition coefficient (Wildman–Crippen LogP) is 19.2. The zero-order valence-corrected chi connectivity index (χ0v) is 44.4. The second kappa shape index (κ2) is 55.7. The summed E-state index contributed by atoms with van der Waals surface area (Å²) in [7, 11) is 0. The molecule has 0 fully saturated rings. The van der Waals surface area contributed by atoms with E-state index in [1.54, 1.807) is 0 Å². The Bertz CT molecular complexity index is 1210. The van der Waals surface area contributed by atoms with E-state index in [-0.39, 0.29) is 31.1 Å². The third-order valence-corrected chi connectivity index (χ3v) is 12.5. The maximum absolute atomic E-state index is 12.8. The molecule has 0 amide bonds. The minimum absolute atomic E-state index is 0.0763. The van der Waals surface area contributed by atoms with Crippen LogP contribution in [-0.2, 0) is 28.6 Å². The van der Waals surface area contributed by atoms with Crippen molar-refractivity contribution in [1.29, 1.82) is 0 Å². The second-order valence-electron chi connectivity index (χ2n) is 19.2. The van der Waals surface area contributed by atoms with Crippen molar-refractivity contribution in [3.8, 4) is 0 Å². The summed E-state index contributed by atoms with van der Waals surface area (Å²) in [6, 6.07) is 0. The largest absolute Gasteiger partial charge is 0.462 e. The van der Waals surface area contributed by atoms with Gasteiger partial charge >= 0.3 is 17.9 Å². The minimum Gasteiger partial charge on any atom is -0.462 e. The van der Waals surface area contributed by atoms with Crippen LogP contribution in [0.3, 0.4) is 0 Å². The van der Waals surface area contributed by atoms with Gasteiger partial charge in [-0.05, 0) is 64.2 Å². The summed E-state index contributed by atoms with van der Waals surface area (Å²) < 4.78 is 16.9. The van der Waals surface area contributed by atoms with E-state index in [9.17, 15) is 14.4 Å². The lowest BCUT2D eigenvalue weighted by molar-refractivity contribution is -0.167. The average Bonchev–Trinajstić information content (AvgIpc) is 3.33. The van der Waals surface area contributed by atoms with Crippen molar-refractivity contribution in [1.82, 2.24) is 0 Å². The fourth-order valence-electron chi connectivity index (χ4n) is 8.24. The molecule has 1 atom stereocenters. The van der Waals surface area contributed by atoms with Crippen LogP contribution in [0.2, 0.25) is 0 Å². The first kappa shape index (κ1) is 64.1. The zero-order valence-electron chi connectivity index (χ0n) is 44.4. The maximum atomic E-state index is 12.8. The van der Waals surface area contributed by atoms with Crippen LogP contribution < -0.4 is 0 Å². The molecular formula is C61H108O6. The van der Waals surface area contributed by atoms with Gasteiger partial charge in [0, 0.05) is 19.3 Å². The van der Waals surface area contributed by atoms with Gasteiger partial charge in [-0.15, -0.1) is 0 Å². The summed E-state index contributed by atoms with van der Waals surface area (Å²) in [5.41, 5.74) is 0. The lowest BCUT2D eigenvalue weighted by Gasteiger charge is -2.18. The fourth-order valence-corrected chi connectivity index (χ4v) is 8.24. The van der Waals surface area contributed by atoms with Gasteiger partial charge in [-0.25, -0.2) is 0 Å². The quantitative estimate of drug-likeness (QED) is 0.0262. The van der Waals surface area contributed by atoms with E-state index >= 15 is 0 Å². The Morgan fingerprint density at radius 3 is 0.910 bits per heavy atom. The van der Waals surface area contributed by atoms with Crippen LogP contribution in [0.1, 0.15) is 290 Å². The molecule has 6 heteroatoms. The van der Waals surface area contributed by atoms with Gasteiger partial charge in [-0.3, -0.25) is 14.4 Å². The van der Waals surface area contributed by atoms with Crippen LogP contribution in [0, 0.1) is 0 Å². The van der Waals surface area contributed by atoms with Crippen molar-refractivity contribution in [2.75, 3.05) is 13.2 Å². The van der Waals surface area contributed by atoms with Crippen LogP contribution in [0.5, 0.6) is 0 Å². The van der Waals surface area contributed by atoms with E-state index in [4.69, 9.17) is 14.2 Å². The molecule has 0 rings (SSSR count). The Labute approximate surface area is 415 Å². The molecule has 388 valence electrons. The summed E-state index contributed by atoms with van der Waals surface area (Å²) in [6.07, 6.45) is 69.2. The van der Waals surface area contributed by atoms with Crippen LogP contribution in [0.15, 0.2) is 60.8 Å². The molecule has 0 aliphatic carbocycles. The van der Waals surface area contributed by atoms with Crippen molar-refractivity contribution in [3.05, 3.63) is 60.8 Å². The second-order valence-corrected chi connectivity index (χ2v) is 19.2. The van der Waals surface area contributed by atoms with Crippen molar-refractivity contribution >= 4 is 17.9 Å². The van der Waals surface area contributed by atoms with Crippen LogP contribution in [-0.4, -0.2) is 37.2 Å². The van der Waals surface area contributed by atoms with Crippen LogP contribution in [0.4, 0.5) is 0 Å². The van der Waals surface area contributed by atoms with Gasteiger partial charge in [-0.2, -0.15) is 0 Å². The maximum Gasteiger partial charge on any atom is 0.306 e. The summed E-state index contributed by atoms with van der Waals surface area (Å²) in [4.78, 5) is 38.1. The Balaban J connectivity index is 4.37. The average molecular weight is 938 g/mol. The Morgan fingerprint density at radius 1 is 0.313 bits per heavy atom. The molecular weight excluding hydrogens is 829 g/mol. The van der Waals surface area contributed by atoms with Gasteiger partial charge in [0.15, 0.2) is 6.10 Å². The molecule has 0 heterocycles. The third kappa shape index (κ3) is 53.9. The van der Waals surface area contributed by atoms with E-state index < -0.39 is 6.10 Å². The van der Waals surface area contributed by atoms with Gasteiger partial charge in [-0.1, -0.05) is 268 Å². The van der Waals surface area contributed by atoms with Crippen LogP contribution in [0.25, 0.3) is 0 Å². The molecule has 0 aliphatic rings. The summed E-state index contributed by atoms with van der Waals surface area (Å²) in [5, 5.41) is 0. The number of carbonyl (C=O) groups is 3. The van der Waals surface area contributed by atoms with Crippen molar-refractivity contribution < 1.29 is 28.6 Å². The molecule has 6 nitrogen and oxygen atoms in total. The number of unbranched alkanes of at least 4 members (excludes halogenated alkanes) is 31. The molecule has 67 heavy (non-hydrogen) atoms. The Hall–Kier alpha value is -2.89. The van der Waals surface area contributed by atoms with Gasteiger partial charge in [0.25, 0.3) is 0 Å². The normalized spacial score (nSPS) is 12.5. The first-order valence-corrected chi connectivity index (χ1v) is 28.8.